The highest BCUT2D eigenvalue weighted by Crippen LogP contribution is 2.35. The zero-order chi connectivity index (χ0) is 18.1. The first-order valence-corrected chi connectivity index (χ1v) is 8.05. The molecule has 0 fully saturated rings. The number of rotatable bonds is 4. The molecule has 0 bridgehead atoms. The molecule has 3 aromatic rings. The van der Waals surface area contributed by atoms with Crippen LogP contribution in [-0.4, -0.2) is 17.2 Å². The maximum atomic E-state index is 12.9. The average molecular weight is 379 g/mol. The van der Waals surface area contributed by atoms with Crippen molar-refractivity contribution in [3.63, 3.8) is 0 Å². The number of carbonyl (C=O) groups is 1. The molecule has 128 valence electrons. The Labute approximate surface area is 152 Å². The summed E-state index contributed by atoms with van der Waals surface area (Å²) in [6, 6.07) is 11.6. The minimum Gasteiger partial charge on any atom is -0.479 e. The smallest absolute Gasteiger partial charge is 0.344 e. The van der Waals surface area contributed by atoms with Crippen LogP contribution in [0.15, 0.2) is 51.7 Å². The molecule has 5 nitrogen and oxygen atoms in total. The van der Waals surface area contributed by atoms with Gasteiger partial charge in [0.2, 0.25) is 11.2 Å². The molecule has 1 N–H and O–H groups in total. The van der Waals surface area contributed by atoms with Crippen LogP contribution >= 0.6 is 23.2 Å². The van der Waals surface area contributed by atoms with E-state index < -0.39 is 17.5 Å². The van der Waals surface area contributed by atoms with E-state index in [1.807, 2.05) is 0 Å². The number of halogens is 2. The fourth-order valence-corrected chi connectivity index (χ4v) is 2.85. The topological polar surface area (TPSA) is 76.7 Å². The summed E-state index contributed by atoms with van der Waals surface area (Å²) in [5.74, 6) is -1.30. The minimum atomic E-state index is -1.24. The Morgan fingerprint density at radius 1 is 1.20 bits per heavy atom. The van der Waals surface area contributed by atoms with Crippen LogP contribution in [0.5, 0.6) is 5.75 Å². The highest BCUT2D eigenvalue weighted by molar-refractivity contribution is 6.38. The van der Waals surface area contributed by atoms with Crippen LogP contribution in [0.25, 0.3) is 22.3 Å². The predicted molar refractivity (Wildman–Crippen MR) is 95.7 cm³/mol. The molecule has 0 saturated carbocycles. The normalized spacial score (nSPS) is 12.1. The van der Waals surface area contributed by atoms with Gasteiger partial charge in [0.15, 0.2) is 17.4 Å². The lowest BCUT2D eigenvalue weighted by Crippen LogP contribution is -2.26. The van der Waals surface area contributed by atoms with Gasteiger partial charge in [0.1, 0.15) is 0 Å². The van der Waals surface area contributed by atoms with Crippen molar-refractivity contribution in [2.24, 2.45) is 0 Å². The first-order chi connectivity index (χ1) is 11.9. The Morgan fingerprint density at radius 2 is 1.88 bits per heavy atom. The second-order valence-electron chi connectivity index (χ2n) is 5.32. The number of carboxylic acid groups (broad SMARTS) is 1. The number of ether oxygens (including phenoxy) is 1. The first-order valence-electron chi connectivity index (χ1n) is 7.29. The summed E-state index contributed by atoms with van der Waals surface area (Å²) >= 11 is 12.1. The number of aliphatic carboxylic acids is 1. The number of fused-ring (bicyclic) bond motifs is 1. The average Bonchev–Trinajstić information content (AvgIpc) is 2.58. The van der Waals surface area contributed by atoms with Gasteiger partial charge in [-0.2, -0.15) is 0 Å². The van der Waals surface area contributed by atoms with E-state index in [0.717, 1.165) is 0 Å². The zero-order valence-electron chi connectivity index (χ0n) is 13.0. The molecule has 1 aromatic heterocycles. The molecule has 0 aliphatic carbocycles. The van der Waals surface area contributed by atoms with Crippen LogP contribution in [-0.2, 0) is 4.79 Å². The SMILES string of the molecule is C[C@@H](Oc1c(-c2ccccc2)oc2c(Cl)cc(Cl)cc2c1=O)C(=O)O. The van der Waals surface area contributed by atoms with Gasteiger partial charge in [0.25, 0.3) is 0 Å². The Morgan fingerprint density at radius 3 is 2.52 bits per heavy atom. The molecule has 7 heteroatoms. The molecule has 0 saturated heterocycles. The van der Waals surface area contributed by atoms with Gasteiger partial charge in [-0.05, 0) is 19.1 Å². The molecule has 0 spiro atoms. The second-order valence-corrected chi connectivity index (χ2v) is 6.16. The van der Waals surface area contributed by atoms with E-state index in [4.69, 9.17) is 37.5 Å². The van der Waals surface area contributed by atoms with Gasteiger partial charge >= 0.3 is 5.97 Å². The van der Waals surface area contributed by atoms with Crippen LogP contribution < -0.4 is 10.2 Å². The largest absolute Gasteiger partial charge is 0.479 e. The van der Waals surface area contributed by atoms with E-state index in [0.29, 0.717) is 5.56 Å². The monoisotopic (exact) mass is 378 g/mol. The summed E-state index contributed by atoms with van der Waals surface area (Å²) in [6.07, 6.45) is -1.24. The maximum Gasteiger partial charge on any atom is 0.344 e. The minimum absolute atomic E-state index is 0.107. The lowest BCUT2D eigenvalue weighted by molar-refractivity contribution is -0.144. The molecule has 0 amide bonds. The molecule has 2 aromatic carbocycles. The van der Waals surface area contributed by atoms with E-state index in [9.17, 15) is 9.59 Å². The van der Waals surface area contributed by atoms with Crippen LogP contribution in [0.3, 0.4) is 0 Å². The standard InChI is InChI=1S/C18H12Cl2O5/c1-9(18(22)23)24-17-14(21)12-7-11(19)8-13(20)16(12)25-15(17)10-5-3-2-4-6-10/h2-9H,1H3,(H,22,23)/t9-/m1/s1. The van der Waals surface area contributed by atoms with Crippen molar-refractivity contribution in [3.05, 3.63) is 62.7 Å². The van der Waals surface area contributed by atoms with E-state index in [1.54, 1.807) is 30.3 Å². The van der Waals surface area contributed by atoms with E-state index in [1.165, 1.54) is 19.1 Å². The third-order valence-electron chi connectivity index (χ3n) is 3.55. The number of hydrogen-bond acceptors (Lipinski definition) is 4. The summed E-state index contributed by atoms with van der Waals surface area (Å²) in [7, 11) is 0. The van der Waals surface area contributed by atoms with E-state index >= 15 is 0 Å². The van der Waals surface area contributed by atoms with Crippen molar-refractivity contribution in [1.82, 2.24) is 0 Å². The second kappa shape index (κ2) is 6.78. The van der Waals surface area contributed by atoms with E-state index in [-0.39, 0.29) is 32.5 Å². The number of carboxylic acids is 1. The van der Waals surface area contributed by atoms with Gasteiger partial charge < -0.3 is 14.3 Å². The maximum absolute atomic E-state index is 12.9. The van der Waals surface area contributed by atoms with Gasteiger partial charge in [0, 0.05) is 10.6 Å². The van der Waals surface area contributed by atoms with Crippen LogP contribution in [0.4, 0.5) is 0 Å². The van der Waals surface area contributed by atoms with Crippen molar-refractivity contribution >= 4 is 40.1 Å². The van der Waals surface area contributed by atoms with E-state index in [2.05, 4.69) is 0 Å². The Hall–Kier alpha value is -2.50. The highest BCUT2D eigenvalue weighted by atomic mass is 35.5. The lowest BCUT2D eigenvalue weighted by atomic mass is 10.1. The molecule has 1 heterocycles. The molecule has 0 aliphatic heterocycles. The molecule has 1 atom stereocenters. The molecule has 25 heavy (non-hydrogen) atoms. The molecule has 3 rings (SSSR count). The van der Waals surface area contributed by atoms with Crippen LogP contribution in [0, 0.1) is 0 Å². The third-order valence-corrected chi connectivity index (χ3v) is 4.05. The number of benzene rings is 2. The molecule has 0 radical (unpaired) electrons. The van der Waals surface area contributed by atoms with Gasteiger partial charge in [-0.1, -0.05) is 53.5 Å². The Bertz CT molecular complexity index is 1010. The Balaban J connectivity index is 2.35. The van der Waals surface area contributed by atoms with Crippen molar-refractivity contribution < 1.29 is 19.1 Å². The highest BCUT2D eigenvalue weighted by Gasteiger charge is 2.23. The van der Waals surface area contributed by atoms with Crippen molar-refractivity contribution in [2.45, 2.75) is 13.0 Å². The third kappa shape index (κ3) is 3.34. The zero-order valence-corrected chi connectivity index (χ0v) is 14.5. The van der Waals surface area contributed by atoms with Gasteiger partial charge in [-0.25, -0.2) is 4.79 Å². The van der Waals surface area contributed by atoms with Gasteiger partial charge in [0.05, 0.1) is 10.4 Å². The summed E-state index contributed by atoms with van der Waals surface area (Å²) in [6.45, 7) is 1.33. The quantitative estimate of drug-likeness (QED) is 0.716. The summed E-state index contributed by atoms with van der Waals surface area (Å²) in [5, 5.41) is 9.65. The molecular formula is C18H12Cl2O5. The van der Waals surface area contributed by atoms with Gasteiger partial charge in [-0.15, -0.1) is 0 Å². The number of hydrogen-bond donors (Lipinski definition) is 1. The fourth-order valence-electron chi connectivity index (χ4n) is 2.32. The fraction of sp³-hybridized carbons (Fsp3) is 0.111. The van der Waals surface area contributed by atoms with Crippen molar-refractivity contribution in [3.8, 4) is 17.1 Å². The molecule has 0 aliphatic rings. The first kappa shape index (κ1) is 17.3. The van der Waals surface area contributed by atoms with Crippen LogP contribution in [0.2, 0.25) is 10.0 Å². The lowest BCUT2D eigenvalue weighted by Gasteiger charge is -2.14. The molecule has 0 unspecified atom stereocenters. The van der Waals surface area contributed by atoms with Crippen LogP contribution in [0.1, 0.15) is 6.92 Å². The predicted octanol–water partition coefficient (Wildman–Crippen LogP) is 4.62. The summed E-state index contributed by atoms with van der Waals surface area (Å²) in [4.78, 5) is 24.0. The van der Waals surface area contributed by atoms with Crippen molar-refractivity contribution in [1.29, 1.82) is 0 Å². The Kier molecular flexibility index (Phi) is 4.70. The summed E-state index contributed by atoms with van der Waals surface area (Å²) < 4.78 is 11.2. The molecular weight excluding hydrogens is 367 g/mol. The van der Waals surface area contributed by atoms with Crippen molar-refractivity contribution in [2.75, 3.05) is 0 Å². The van der Waals surface area contributed by atoms with Gasteiger partial charge in [-0.3, -0.25) is 4.79 Å². The summed E-state index contributed by atoms with van der Waals surface area (Å²) in [5.41, 5.74) is 0.169.